The third-order valence-corrected chi connectivity index (χ3v) is 9.02. The SMILES string of the molecule is COc1cncc2c1[C@]1(O)[C@H](O)[C@H](CN3CC4(COC4)C3)[C@H](c3ccccc3)[C@]1(c1ccc(C#N)cc1)O2. The topological polar surface area (TPSA) is 108 Å². The maximum Gasteiger partial charge on any atom is 0.177 e. The average Bonchev–Trinajstić information content (AvgIpc) is 3.28. The van der Waals surface area contributed by atoms with Crippen LogP contribution in [0.5, 0.6) is 11.5 Å². The van der Waals surface area contributed by atoms with Crippen molar-refractivity contribution in [1.29, 1.82) is 5.26 Å². The van der Waals surface area contributed by atoms with E-state index in [1.165, 1.54) is 7.11 Å². The lowest BCUT2D eigenvalue weighted by Gasteiger charge is -2.56. The van der Waals surface area contributed by atoms with Crippen molar-refractivity contribution >= 4 is 0 Å². The Morgan fingerprint density at radius 2 is 1.84 bits per heavy atom. The van der Waals surface area contributed by atoms with Gasteiger partial charge in [-0.15, -0.1) is 0 Å². The van der Waals surface area contributed by atoms with Gasteiger partial charge >= 0.3 is 0 Å². The van der Waals surface area contributed by atoms with Gasteiger partial charge < -0.3 is 29.3 Å². The van der Waals surface area contributed by atoms with Crippen LogP contribution in [0.3, 0.4) is 0 Å². The van der Waals surface area contributed by atoms with E-state index in [-0.39, 0.29) is 11.3 Å². The molecule has 5 atom stereocenters. The predicted octanol–water partition coefficient (Wildman–Crippen LogP) is 2.54. The molecule has 0 amide bonds. The number of hydrogen-bond donors (Lipinski definition) is 2. The Kier molecular flexibility index (Phi) is 5.13. The van der Waals surface area contributed by atoms with Crippen molar-refractivity contribution in [1.82, 2.24) is 9.88 Å². The zero-order valence-electron chi connectivity index (χ0n) is 21.1. The van der Waals surface area contributed by atoms with Crippen molar-refractivity contribution < 1.29 is 24.4 Å². The van der Waals surface area contributed by atoms with Crippen molar-refractivity contribution in [2.75, 3.05) is 40.0 Å². The number of likely N-dealkylation sites (tertiary alicyclic amines) is 1. The molecule has 1 spiro atoms. The van der Waals surface area contributed by atoms with E-state index in [0.29, 0.717) is 34.7 Å². The second-order valence-corrected chi connectivity index (χ2v) is 11.2. The number of methoxy groups -OCH3 is 1. The van der Waals surface area contributed by atoms with Gasteiger partial charge in [0.25, 0.3) is 0 Å². The highest BCUT2D eigenvalue weighted by Gasteiger charge is 2.77. The van der Waals surface area contributed by atoms with Crippen LogP contribution in [0.15, 0.2) is 67.0 Å². The Morgan fingerprint density at radius 1 is 1.11 bits per heavy atom. The van der Waals surface area contributed by atoms with E-state index in [0.717, 1.165) is 31.9 Å². The molecule has 2 N–H and O–H groups in total. The first kappa shape index (κ1) is 23.6. The minimum atomic E-state index is -1.84. The highest BCUT2D eigenvalue weighted by molar-refractivity contribution is 5.59. The minimum absolute atomic E-state index is 0.224. The molecule has 3 fully saturated rings. The number of aliphatic hydroxyl groups is 2. The number of ether oxygens (including phenoxy) is 3. The van der Waals surface area contributed by atoms with E-state index >= 15 is 0 Å². The number of benzene rings is 2. The molecule has 0 unspecified atom stereocenters. The molecule has 2 saturated heterocycles. The van der Waals surface area contributed by atoms with Crippen molar-refractivity contribution in [2.24, 2.45) is 11.3 Å². The number of fused-ring (bicyclic) bond motifs is 3. The van der Waals surface area contributed by atoms with Crippen LogP contribution < -0.4 is 9.47 Å². The van der Waals surface area contributed by atoms with Crippen LogP contribution >= 0.6 is 0 Å². The van der Waals surface area contributed by atoms with Crippen molar-refractivity contribution in [3.05, 3.63) is 89.2 Å². The predicted molar refractivity (Wildman–Crippen MR) is 137 cm³/mol. The number of aliphatic hydroxyl groups excluding tert-OH is 1. The van der Waals surface area contributed by atoms with Crippen molar-refractivity contribution in [3.8, 4) is 17.6 Å². The van der Waals surface area contributed by atoms with Gasteiger partial charge in [0.2, 0.25) is 0 Å². The monoisotopic (exact) mass is 511 g/mol. The number of nitrogens with zero attached hydrogens (tertiary/aromatic N) is 3. The van der Waals surface area contributed by atoms with Crippen LogP contribution in [0.4, 0.5) is 0 Å². The van der Waals surface area contributed by atoms with Crippen LogP contribution in [-0.4, -0.2) is 66.2 Å². The van der Waals surface area contributed by atoms with Crippen LogP contribution in [-0.2, 0) is 15.9 Å². The summed E-state index contributed by atoms with van der Waals surface area (Å²) in [6.07, 6.45) is 1.94. The molecule has 0 radical (unpaired) electrons. The molecule has 4 heterocycles. The second kappa shape index (κ2) is 8.26. The Morgan fingerprint density at radius 3 is 2.47 bits per heavy atom. The molecule has 3 aromatic rings. The minimum Gasteiger partial charge on any atom is -0.495 e. The summed E-state index contributed by atoms with van der Waals surface area (Å²) < 4.78 is 17.9. The molecule has 8 nitrogen and oxygen atoms in total. The van der Waals surface area contributed by atoms with Gasteiger partial charge in [0.05, 0.1) is 56.0 Å². The summed E-state index contributed by atoms with van der Waals surface area (Å²) in [6, 6.07) is 19.2. The molecule has 3 aliphatic heterocycles. The van der Waals surface area contributed by atoms with E-state index in [9.17, 15) is 15.5 Å². The number of pyridine rings is 1. The van der Waals surface area contributed by atoms with Crippen LogP contribution in [0, 0.1) is 22.7 Å². The molecule has 38 heavy (non-hydrogen) atoms. The number of aromatic nitrogens is 1. The summed E-state index contributed by atoms with van der Waals surface area (Å²) in [5.74, 6) is -0.0314. The van der Waals surface area contributed by atoms with Gasteiger partial charge in [-0.2, -0.15) is 5.26 Å². The Bertz CT molecular complexity index is 1410. The summed E-state index contributed by atoms with van der Waals surface area (Å²) >= 11 is 0. The number of nitriles is 1. The fourth-order valence-electron chi connectivity index (χ4n) is 7.43. The third kappa shape index (κ3) is 2.96. The first-order valence-corrected chi connectivity index (χ1v) is 12.9. The lowest BCUT2D eigenvalue weighted by molar-refractivity contribution is -0.194. The Labute approximate surface area is 221 Å². The number of rotatable bonds is 5. The average molecular weight is 512 g/mol. The lowest BCUT2D eigenvalue weighted by atomic mass is 9.70. The highest BCUT2D eigenvalue weighted by Crippen LogP contribution is 2.69. The lowest BCUT2D eigenvalue weighted by Crippen LogP contribution is -2.66. The summed E-state index contributed by atoms with van der Waals surface area (Å²) in [5, 5.41) is 34.5. The van der Waals surface area contributed by atoms with E-state index < -0.39 is 23.2 Å². The van der Waals surface area contributed by atoms with Crippen LogP contribution in [0.25, 0.3) is 0 Å². The summed E-state index contributed by atoms with van der Waals surface area (Å²) in [7, 11) is 1.52. The molecular weight excluding hydrogens is 482 g/mol. The molecule has 194 valence electrons. The van der Waals surface area contributed by atoms with Crippen molar-refractivity contribution in [3.63, 3.8) is 0 Å². The van der Waals surface area contributed by atoms with E-state index in [2.05, 4.69) is 16.0 Å². The van der Waals surface area contributed by atoms with Gasteiger partial charge in [-0.25, -0.2) is 0 Å². The number of hydrogen-bond acceptors (Lipinski definition) is 8. The fraction of sp³-hybridized carbons (Fsp3) is 0.400. The molecule has 4 aliphatic rings. The first-order chi connectivity index (χ1) is 18.5. The molecule has 0 bridgehead atoms. The molecule has 1 aromatic heterocycles. The van der Waals surface area contributed by atoms with Gasteiger partial charge in [0.15, 0.2) is 11.2 Å². The van der Waals surface area contributed by atoms with Crippen LogP contribution in [0.1, 0.15) is 28.2 Å². The Balaban J connectivity index is 1.43. The second-order valence-electron chi connectivity index (χ2n) is 11.2. The normalized spacial score (nSPS) is 32.4. The zero-order valence-corrected chi connectivity index (χ0v) is 21.1. The van der Waals surface area contributed by atoms with Gasteiger partial charge in [-0.05, 0) is 23.3 Å². The Hall–Kier alpha value is -3.48. The fourth-order valence-corrected chi connectivity index (χ4v) is 7.43. The maximum absolute atomic E-state index is 12.9. The van der Waals surface area contributed by atoms with E-state index in [1.54, 1.807) is 24.5 Å². The highest BCUT2D eigenvalue weighted by atomic mass is 16.5. The largest absolute Gasteiger partial charge is 0.495 e. The maximum atomic E-state index is 12.9. The van der Waals surface area contributed by atoms with Gasteiger partial charge in [-0.3, -0.25) is 4.98 Å². The first-order valence-electron chi connectivity index (χ1n) is 12.9. The van der Waals surface area contributed by atoms with Crippen LogP contribution in [0.2, 0.25) is 0 Å². The smallest absolute Gasteiger partial charge is 0.177 e. The summed E-state index contributed by atoms with van der Waals surface area (Å²) in [5.41, 5.74) is -0.447. The standard InChI is InChI=1S/C30H29N3O5/c1-36-23-12-32-13-24-26(23)29(35)27(34)22(14-33-15-28(16-33)17-37-18-28)25(20-5-3-2-4-6-20)30(29,38-24)21-9-7-19(11-31)8-10-21/h2-10,12-13,22,25,27,34-35H,14-18H2,1H3/t22-,25+,27-,29+,30+/m1/s1. The summed E-state index contributed by atoms with van der Waals surface area (Å²) in [4.78, 5) is 6.62. The van der Waals surface area contributed by atoms with Gasteiger partial charge in [0, 0.05) is 36.9 Å². The molecule has 8 heteroatoms. The molecule has 1 saturated carbocycles. The van der Waals surface area contributed by atoms with E-state index in [1.807, 2.05) is 42.5 Å². The summed E-state index contributed by atoms with van der Waals surface area (Å²) in [6.45, 7) is 3.96. The molecule has 7 rings (SSSR count). The van der Waals surface area contributed by atoms with E-state index in [4.69, 9.17) is 14.2 Å². The van der Waals surface area contributed by atoms with Gasteiger partial charge in [-0.1, -0.05) is 42.5 Å². The van der Waals surface area contributed by atoms with Gasteiger partial charge in [0.1, 0.15) is 11.5 Å². The zero-order chi connectivity index (χ0) is 26.1. The van der Waals surface area contributed by atoms with Crippen molar-refractivity contribution in [2.45, 2.75) is 23.2 Å². The third-order valence-electron chi connectivity index (χ3n) is 9.02. The molecule has 1 aliphatic carbocycles. The molecular formula is C30H29N3O5. The molecule has 2 aromatic carbocycles. The quantitative estimate of drug-likeness (QED) is 0.538.